The smallest absolute Gasteiger partial charge is 0.191 e. The number of nitrogens with one attached hydrogen (secondary N) is 2. The molecule has 140 valence electrons. The summed E-state index contributed by atoms with van der Waals surface area (Å²) in [4.78, 5) is 7.27. The number of aliphatic imine (C=N–C) groups is 1. The fourth-order valence-electron chi connectivity index (χ4n) is 3.57. The molecule has 6 heteroatoms. The standard InChI is InChI=1S/C18H36N4O2/c1-7-19-16(20-13-14(2)22-8-10-24-11-9-22)21-15-12-18(5,23-6)17(15,3)4/h14-15H,7-13H2,1-6H3,(H2,19,20,21). The van der Waals surface area contributed by atoms with Gasteiger partial charge in [0.1, 0.15) is 0 Å². The van der Waals surface area contributed by atoms with E-state index in [1.807, 2.05) is 0 Å². The fraction of sp³-hybridized carbons (Fsp3) is 0.944. The van der Waals surface area contributed by atoms with Crippen LogP contribution >= 0.6 is 0 Å². The van der Waals surface area contributed by atoms with Gasteiger partial charge < -0.3 is 20.1 Å². The van der Waals surface area contributed by atoms with E-state index in [9.17, 15) is 0 Å². The van der Waals surface area contributed by atoms with Gasteiger partial charge in [0.2, 0.25) is 0 Å². The summed E-state index contributed by atoms with van der Waals surface area (Å²) in [6, 6.07) is 0.807. The van der Waals surface area contributed by atoms with Gasteiger partial charge in [0.05, 0.1) is 25.4 Å². The second-order valence-corrected chi connectivity index (χ2v) is 7.77. The molecule has 2 fully saturated rings. The minimum Gasteiger partial charge on any atom is -0.379 e. The van der Waals surface area contributed by atoms with Crippen LogP contribution in [0.25, 0.3) is 0 Å². The third kappa shape index (κ3) is 4.03. The number of morpholine rings is 1. The first-order valence-electron chi connectivity index (χ1n) is 9.26. The molecular weight excluding hydrogens is 304 g/mol. The van der Waals surface area contributed by atoms with E-state index in [-0.39, 0.29) is 11.0 Å². The van der Waals surface area contributed by atoms with Crippen molar-refractivity contribution in [2.75, 3.05) is 46.5 Å². The van der Waals surface area contributed by atoms with E-state index in [0.717, 1.165) is 51.8 Å². The van der Waals surface area contributed by atoms with Crippen LogP contribution in [0.1, 0.15) is 41.0 Å². The molecule has 0 spiro atoms. The van der Waals surface area contributed by atoms with Gasteiger partial charge in [-0.15, -0.1) is 0 Å². The van der Waals surface area contributed by atoms with E-state index in [1.54, 1.807) is 7.11 Å². The molecule has 0 amide bonds. The monoisotopic (exact) mass is 340 g/mol. The fourth-order valence-corrected chi connectivity index (χ4v) is 3.57. The lowest BCUT2D eigenvalue weighted by Gasteiger charge is -2.59. The van der Waals surface area contributed by atoms with Crippen LogP contribution in [0.2, 0.25) is 0 Å². The Hall–Kier alpha value is -0.850. The van der Waals surface area contributed by atoms with Gasteiger partial charge in [-0.25, -0.2) is 0 Å². The highest BCUT2D eigenvalue weighted by atomic mass is 16.5. The summed E-state index contributed by atoms with van der Waals surface area (Å²) in [7, 11) is 1.81. The molecule has 1 heterocycles. The Morgan fingerprint density at radius 2 is 2.00 bits per heavy atom. The van der Waals surface area contributed by atoms with Crippen molar-refractivity contribution < 1.29 is 9.47 Å². The number of ether oxygens (including phenoxy) is 2. The van der Waals surface area contributed by atoms with Gasteiger partial charge in [0.15, 0.2) is 5.96 Å². The predicted molar refractivity (Wildman–Crippen MR) is 98.6 cm³/mol. The van der Waals surface area contributed by atoms with E-state index in [4.69, 9.17) is 14.5 Å². The minimum absolute atomic E-state index is 0.0664. The molecule has 2 rings (SSSR count). The van der Waals surface area contributed by atoms with E-state index in [1.165, 1.54) is 0 Å². The molecule has 6 nitrogen and oxygen atoms in total. The molecule has 3 unspecified atom stereocenters. The first-order chi connectivity index (χ1) is 11.3. The molecule has 0 aromatic heterocycles. The molecule has 1 aliphatic heterocycles. The third-order valence-electron chi connectivity index (χ3n) is 6.12. The molecule has 2 aliphatic rings. The van der Waals surface area contributed by atoms with Crippen molar-refractivity contribution in [3.63, 3.8) is 0 Å². The Kier molecular flexibility index (Phi) is 6.51. The second kappa shape index (κ2) is 8.02. The van der Waals surface area contributed by atoms with Crippen LogP contribution in [-0.4, -0.2) is 75.0 Å². The van der Waals surface area contributed by atoms with Crippen molar-refractivity contribution in [2.45, 2.75) is 58.7 Å². The Morgan fingerprint density at radius 3 is 2.54 bits per heavy atom. The van der Waals surface area contributed by atoms with Crippen LogP contribution in [-0.2, 0) is 9.47 Å². The molecule has 0 aromatic carbocycles. The van der Waals surface area contributed by atoms with Gasteiger partial charge in [-0.2, -0.15) is 0 Å². The topological polar surface area (TPSA) is 58.1 Å². The highest BCUT2D eigenvalue weighted by Crippen LogP contribution is 2.51. The zero-order valence-electron chi connectivity index (χ0n) is 16.3. The molecular formula is C18H36N4O2. The highest BCUT2D eigenvalue weighted by Gasteiger charge is 2.58. The van der Waals surface area contributed by atoms with Crippen LogP contribution in [0.5, 0.6) is 0 Å². The Bertz CT molecular complexity index is 435. The summed E-state index contributed by atoms with van der Waals surface area (Å²) in [5, 5.41) is 6.99. The number of hydrogen-bond donors (Lipinski definition) is 2. The predicted octanol–water partition coefficient (Wildman–Crippen LogP) is 1.47. The number of guanidine groups is 1. The molecule has 0 aromatic rings. The maximum atomic E-state index is 5.72. The zero-order valence-corrected chi connectivity index (χ0v) is 16.3. The van der Waals surface area contributed by atoms with Gasteiger partial charge >= 0.3 is 0 Å². The van der Waals surface area contributed by atoms with Crippen molar-refractivity contribution >= 4 is 5.96 Å². The van der Waals surface area contributed by atoms with Crippen LogP contribution in [0.4, 0.5) is 0 Å². The van der Waals surface area contributed by atoms with Gasteiger partial charge in [-0.05, 0) is 27.2 Å². The molecule has 1 aliphatic carbocycles. The van der Waals surface area contributed by atoms with E-state index < -0.39 is 0 Å². The Morgan fingerprint density at radius 1 is 1.33 bits per heavy atom. The number of nitrogens with zero attached hydrogens (tertiary/aromatic N) is 2. The molecule has 1 saturated heterocycles. The summed E-state index contributed by atoms with van der Waals surface area (Å²) >= 11 is 0. The molecule has 0 radical (unpaired) electrons. The summed E-state index contributed by atoms with van der Waals surface area (Å²) in [6.07, 6.45) is 1.000. The lowest BCUT2D eigenvalue weighted by Crippen LogP contribution is -2.69. The summed E-state index contributed by atoms with van der Waals surface area (Å²) in [5.41, 5.74) is 0.0108. The van der Waals surface area contributed by atoms with E-state index >= 15 is 0 Å². The van der Waals surface area contributed by atoms with Crippen molar-refractivity contribution in [1.82, 2.24) is 15.5 Å². The van der Waals surface area contributed by atoms with Gasteiger partial charge in [-0.1, -0.05) is 13.8 Å². The van der Waals surface area contributed by atoms with Gasteiger partial charge in [0, 0.05) is 44.2 Å². The van der Waals surface area contributed by atoms with Crippen LogP contribution in [0, 0.1) is 5.41 Å². The third-order valence-corrected chi connectivity index (χ3v) is 6.12. The van der Waals surface area contributed by atoms with Gasteiger partial charge in [-0.3, -0.25) is 9.89 Å². The average Bonchev–Trinajstić information content (AvgIpc) is 2.59. The summed E-state index contributed by atoms with van der Waals surface area (Å²) < 4.78 is 11.1. The summed E-state index contributed by atoms with van der Waals surface area (Å²) in [6.45, 7) is 16.4. The molecule has 3 atom stereocenters. The number of rotatable bonds is 6. The first kappa shape index (κ1) is 19.5. The SMILES string of the molecule is CCNC(=NCC(C)N1CCOCC1)NC1CC(C)(OC)C1(C)C. The quantitative estimate of drug-likeness (QED) is 0.566. The molecule has 24 heavy (non-hydrogen) atoms. The second-order valence-electron chi connectivity index (χ2n) is 7.77. The zero-order chi connectivity index (χ0) is 17.8. The Balaban J connectivity index is 1.91. The lowest BCUT2D eigenvalue weighted by molar-refractivity contribution is -0.176. The summed E-state index contributed by atoms with van der Waals surface area (Å²) in [5.74, 6) is 0.911. The first-order valence-corrected chi connectivity index (χ1v) is 9.26. The molecule has 2 N–H and O–H groups in total. The number of methoxy groups -OCH3 is 1. The Labute approximate surface area is 147 Å². The van der Waals surface area contributed by atoms with Crippen molar-refractivity contribution in [3.05, 3.63) is 0 Å². The minimum atomic E-state index is -0.0664. The largest absolute Gasteiger partial charge is 0.379 e. The van der Waals surface area contributed by atoms with Crippen LogP contribution in [0.15, 0.2) is 4.99 Å². The molecule has 1 saturated carbocycles. The van der Waals surface area contributed by atoms with Crippen molar-refractivity contribution in [2.24, 2.45) is 10.4 Å². The normalized spacial score (nSPS) is 32.1. The number of hydrogen-bond acceptors (Lipinski definition) is 4. The molecule has 0 bridgehead atoms. The van der Waals surface area contributed by atoms with Crippen molar-refractivity contribution in [1.29, 1.82) is 0 Å². The lowest BCUT2D eigenvalue weighted by atomic mass is 9.56. The highest BCUT2D eigenvalue weighted by molar-refractivity contribution is 5.80. The van der Waals surface area contributed by atoms with Crippen LogP contribution in [0.3, 0.4) is 0 Å². The average molecular weight is 341 g/mol. The van der Waals surface area contributed by atoms with Crippen LogP contribution < -0.4 is 10.6 Å². The van der Waals surface area contributed by atoms with Crippen molar-refractivity contribution in [3.8, 4) is 0 Å². The van der Waals surface area contributed by atoms with Gasteiger partial charge in [0.25, 0.3) is 0 Å². The maximum Gasteiger partial charge on any atom is 0.191 e. The maximum absolute atomic E-state index is 5.72. The van der Waals surface area contributed by atoms with E-state index in [2.05, 4.69) is 50.2 Å². The van der Waals surface area contributed by atoms with E-state index in [0.29, 0.717) is 12.1 Å².